The minimum Gasteiger partial charge on any atom is -0.444 e. The summed E-state index contributed by atoms with van der Waals surface area (Å²) >= 11 is 0. The van der Waals surface area contributed by atoms with Crippen molar-refractivity contribution >= 4 is 12.0 Å². The van der Waals surface area contributed by atoms with Gasteiger partial charge >= 0.3 is 6.09 Å². The zero-order chi connectivity index (χ0) is 14.9. The average molecular weight is 269 g/mol. The molecule has 108 valence electrons. The first-order valence-electron chi connectivity index (χ1n) is 6.21. The summed E-state index contributed by atoms with van der Waals surface area (Å²) in [6.07, 6.45) is 5.48. The number of nitrogens with one attached hydrogen (secondary N) is 2. The number of alkyl carbamates (subject to hydrolysis) is 1. The highest BCUT2D eigenvalue weighted by molar-refractivity contribution is 5.85. The van der Waals surface area contributed by atoms with Gasteiger partial charge in [-0.15, -0.1) is 6.42 Å². The van der Waals surface area contributed by atoms with Gasteiger partial charge in [-0.05, 0) is 40.2 Å². The van der Waals surface area contributed by atoms with Crippen LogP contribution in [0.3, 0.4) is 0 Å². The maximum absolute atomic E-state index is 11.8. The topological polar surface area (TPSA) is 93.5 Å². The van der Waals surface area contributed by atoms with Crippen LogP contribution in [0.5, 0.6) is 0 Å². The number of nitrogens with two attached hydrogens (primary N) is 1. The standard InChI is InChI=1S/C13H23N3O3/c1-5-9-15-11(17)10(7-6-8-14)16-12(18)19-13(2,3)4/h1,10H,6-9,14H2,2-4H3,(H,15,17)(H,16,18)/t10-/m0/s1. The Morgan fingerprint density at radius 3 is 2.53 bits per heavy atom. The molecule has 6 heteroatoms. The van der Waals surface area contributed by atoms with Crippen LogP contribution in [0.1, 0.15) is 33.6 Å². The molecular weight excluding hydrogens is 246 g/mol. The molecular formula is C13H23N3O3. The second-order valence-corrected chi connectivity index (χ2v) is 5.05. The lowest BCUT2D eigenvalue weighted by Gasteiger charge is -2.23. The van der Waals surface area contributed by atoms with Crippen LogP contribution in [0.15, 0.2) is 0 Å². The van der Waals surface area contributed by atoms with Crippen molar-refractivity contribution in [1.82, 2.24) is 10.6 Å². The van der Waals surface area contributed by atoms with Crippen LogP contribution in [-0.4, -0.2) is 36.7 Å². The lowest BCUT2D eigenvalue weighted by Crippen LogP contribution is -2.48. The van der Waals surface area contributed by atoms with Crippen LogP contribution in [0.25, 0.3) is 0 Å². The molecule has 0 unspecified atom stereocenters. The predicted octanol–water partition coefficient (Wildman–Crippen LogP) is 0.368. The largest absolute Gasteiger partial charge is 0.444 e. The molecule has 0 bridgehead atoms. The van der Waals surface area contributed by atoms with E-state index in [4.69, 9.17) is 16.9 Å². The molecule has 0 fully saturated rings. The molecule has 0 saturated heterocycles. The molecule has 0 aromatic rings. The Balaban J connectivity index is 4.46. The second-order valence-electron chi connectivity index (χ2n) is 5.05. The van der Waals surface area contributed by atoms with Crippen molar-refractivity contribution in [2.75, 3.05) is 13.1 Å². The summed E-state index contributed by atoms with van der Waals surface area (Å²) in [6.45, 7) is 5.81. The van der Waals surface area contributed by atoms with Gasteiger partial charge in [-0.2, -0.15) is 0 Å². The molecule has 6 nitrogen and oxygen atoms in total. The van der Waals surface area contributed by atoms with Gasteiger partial charge in [0.15, 0.2) is 0 Å². The summed E-state index contributed by atoms with van der Waals surface area (Å²) in [6, 6.07) is -0.688. The predicted molar refractivity (Wildman–Crippen MR) is 73.3 cm³/mol. The van der Waals surface area contributed by atoms with Crippen molar-refractivity contribution in [2.45, 2.75) is 45.3 Å². The number of hydrogen-bond acceptors (Lipinski definition) is 4. The van der Waals surface area contributed by atoms with Gasteiger partial charge in [-0.25, -0.2) is 4.79 Å². The molecule has 19 heavy (non-hydrogen) atoms. The Morgan fingerprint density at radius 2 is 2.05 bits per heavy atom. The van der Waals surface area contributed by atoms with Crippen LogP contribution in [-0.2, 0) is 9.53 Å². The summed E-state index contributed by atoms with van der Waals surface area (Å²) in [4.78, 5) is 23.4. The summed E-state index contributed by atoms with van der Waals surface area (Å²) < 4.78 is 5.10. The fourth-order valence-corrected chi connectivity index (χ4v) is 1.30. The number of hydrogen-bond donors (Lipinski definition) is 3. The van der Waals surface area contributed by atoms with Crippen molar-refractivity contribution in [2.24, 2.45) is 5.73 Å². The highest BCUT2D eigenvalue weighted by Crippen LogP contribution is 2.07. The third kappa shape index (κ3) is 8.91. The molecule has 0 radical (unpaired) electrons. The van der Waals surface area contributed by atoms with Crippen LogP contribution >= 0.6 is 0 Å². The maximum atomic E-state index is 11.8. The molecule has 0 spiro atoms. The van der Waals surface area contributed by atoms with E-state index in [1.54, 1.807) is 20.8 Å². The van der Waals surface area contributed by atoms with Gasteiger partial charge in [0.05, 0.1) is 6.54 Å². The quantitative estimate of drug-likeness (QED) is 0.607. The van der Waals surface area contributed by atoms with E-state index in [0.29, 0.717) is 19.4 Å². The molecule has 1 atom stereocenters. The van der Waals surface area contributed by atoms with Crippen molar-refractivity contribution in [1.29, 1.82) is 0 Å². The molecule has 0 aliphatic rings. The van der Waals surface area contributed by atoms with Crippen molar-refractivity contribution in [3.05, 3.63) is 0 Å². The van der Waals surface area contributed by atoms with Crippen molar-refractivity contribution in [3.63, 3.8) is 0 Å². The summed E-state index contributed by atoms with van der Waals surface area (Å²) in [5.74, 6) is 1.96. The van der Waals surface area contributed by atoms with E-state index in [0.717, 1.165) is 0 Å². The molecule has 0 aromatic heterocycles. The van der Waals surface area contributed by atoms with Crippen LogP contribution in [0, 0.1) is 12.3 Å². The zero-order valence-electron chi connectivity index (χ0n) is 11.8. The minimum atomic E-state index is -0.688. The first-order valence-corrected chi connectivity index (χ1v) is 6.21. The van der Waals surface area contributed by atoms with Gasteiger partial charge in [0.1, 0.15) is 11.6 Å². The van der Waals surface area contributed by atoms with E-state index in [9.17, 15) is 9.59 Å². The smallest absolute Gasteiger partial charge is 0.408 e. The van der Waals surface area contributed by atoms with E-state index < -0.39 is 17.7 Å². The first-order chi connectivity index (χ1) is 8.80. The molecule has 0 aliphatic carbocycles. The van der Waals surface area contributed by atoms with E-state index in [2.05, 4.69) is 16.6 Å². The maximum Gasteiger partial charge on any atom is 0.408 e. The fraction of sp³-hybridized carbons (Fsp3) is 0.692. The van der Waals surface area contributed by atoms with Crippen molar-refractivity contribution in [3.8, 4) is 12.3 Å². The van der Waals surface area contributed by atoms with Crippen molar-refractivity contribution < 1.29 is 14.3 Å². The lowest BCUT2D eigenvalue weighted by atomic mass is 10.1. The Morgan fingerprint density at radius 1 is 1.42 bits per heavy atom. The number of amides is 2. The Kier molecular flexibility index (Phi) is 7.61. The van der Waals surface area contributed by atoms with Gasteiger partial charge in [0, 0.05) is 0 Å². The summed E-state index contributed by atoms with van der Waals surface area (Å²) in [7, 11) is 0. The van der Waals surface area contributed by atoms with E-state index in [1.807, 2.05) is 0 Å². The molecule has 0 rings (SSSR count). The van der Waals surface area contributed by atoms with E-state index in [-0.39, 0.29) is 12.5 Å². The third-order valence-corrected chi connectivity index (χ3v) is 2.07. The molecule has 4 N–H and O–H groups in total. The summed E-state index contributed by atoms with van der Waals surface area (Å²) in [5.41, 5.74) is 4.79. The van der Waals surface area contributed by atoms with Crippen LogP contribution in [0.2, 0.25) is 0 Å². The van der Waals surface area contributed by atoms with E-state index >= 15 is 0 Å². The normalized spacial score (nSPS) is 12.2. The number of ether oxygens (including phenoxy) is 1. The second kappa shape index (κ2) is 8.38. The Bertz CT molecular complexity index is 342. The third-order valence-electron chi connectivity index (χ3n) is 2.07. The number of terminal acetylenes is 1. The highest BCUT2D eigenvalue weighted by atomic mass is 16.6. The monoisotopic (exact) mass is 269 g/mol. The average Bonchev–Trinajstić information content (AvgIpc) is 2.29. The molecule has 2 amide bonds. The number of carbonyl (C=O) groups excluding carboxylic acids is 2. The first kappa shape index (κ1) is 17.3. The van der Waals surface area contributed by atoms with Gasteiger partial charge in [0.2, 0.25) is 5.91 Å². The lowest BCUT2D eigenvalue weighted by molar-refractivity contribution is -0.123. The molecule has 0 aliphatic heterocycles. The Hall–Kier alpha value is -1.74. The van der Waals surface area contributed by atoms with Crippen LogP contribution < -0.4 is 16.4 Å². The molecule has 0 saturated carbocycles. The van der Waals surface area contributed by atoms with Crippen LogP contribution in [0.4, 0.5) is 4.79 Å². The Labute approximate surface area is 114 Å². The molecule has 0 heterocycles. The highest BCUT2D eigenvalue weighted by Gasteiger charge is 2.23. The van der Waals surface area contributed by atoms with Gasteiger partial charge in [-0.1, -0.05) is 5.92 Å². The minimum absolute atomic E-state index is 0.119. The number of carbonyl (C=O) groups is 2. The zero-order valence-corrected chi connectivity index (χ0v) is 11.8. The van der Waals surface area contributed by atoms with Gasteiger partial charge < -0.3 is 21.1 Å². The van der Waals surface area contributed by atoms with Gasteiger partial charge in [-0.3, -0.25) is 4.79 Å². The fourth-order valence-electron chi connectivity index (χ4n) is 1.30. The van der Waals surface area contributed by atoms with Gasteiger partial charge in [0.25, 0.3) is 0 Å². The molecule has 0 aromatic carbocycles. The number of rotatable bonds is 6. The summed E-state index contributed by atoms with van der Waals surface area (Å²) in [5, 5.41) is 5.04. The SMILES string of the molecule is C#CCNC(=O)[C@H](CCCN)NC(=O)OC(C)(C)C. The van der Waals surface area contributed by atoms with E-state index in [1.165, 1.54) is 0 Å².